The molecule has 1 aromatic carbocycles. The normalized spacial score (nSPS) is 20.1. The van der Waals surface area contributed by atoms with E-state index in [9.17, 15) is 4.79 Å². The predicted octanol–water partition coefficient (Wildman–Crippen LogP) is 3.06. The van der Waals surface area contributed by atoms with Crippen LogP contribution in [-0.4, -0.2) is 18.5 Å². The van der Waals surface area contributed by atoms with Crippen LogP contribution in [0.2, 0.25) is 0 Å². The van der Waals surface area contributed by atoms with Crippen molar-refractivity contribution in [2.75, 3.05) is 11.9 Å². The summed E-state index contributed by atoms with van der Waals surface area (Å²) >= 11 is 0. The summed E-state index contributed by atoms with van der Waals surface area (Å²) in [6.45, 7) is 7.43. The van der Waals surface area contributed by atoms with E-state index in [1.54, 1.807) is 0 Å². The summed E-state index contributed by atoms with van der Waals surface area (Å²) in [4.78, 5) is 12.3. The fourth-order valence-electron chi connectivity index (χ4n) is 2.54. The third kappa shape index (κ3) is 3.57. The third-order valence-corrected chi connectivity index (χ3v) is 3.62. The van der Waals surface area contributed by atoms with E-state index in [2.05, 4.69) is 37.5 Å². The minimum absolute atomic E-state index is 0.0316. The Morgan fingerprint density at radius 3 is 2.63 bits per heavy atom. The van der Waals surface area contributed by atoms with Gasteiger partial charge in [0, 0.05) is 5.69 Å². The zero-order valence-electron chi connectivity index (χ0n) is 12.1. The first-order chi connectivity index (χ1) is 8.98. The Kier molecular flexibility index (Phi) is 4.25. The van der Waals surface area contributed by atoms with Crippen LogP contribution in [0, 0.1) is 0 Å². The Balaban J connectivity index is 2.12. The molecule has 1 fully saturated rings. The monoisotopic (exact) mass is 260 g/mol. The van der Waals surface area contributed by atoms with Crippen molar-refractivity contribution in [2.24, 2.45) is 0 Å². The van der Waals surface area contributed by atoms with Gasteiger partial charge in [-0.3, -0.25) is 4.79 Å². The number of benzene rings is 1. The van der Waals surface area contributed by atoms with Gasteiger partial charge in [-0.1, -0.05) is 45.4 Å². The molecule has 2 N–H and O–H groups in total. The minimum atomic E-state index is -0.0400. The van der Waals surface area contributed by atoms with E-state index in [4.69, 9.17) is 0 Å². The molecule has 1 heterocycles. The van der Waals surface area contributed by atoms with Crippen molar-refractivity contribution in [3.8, 4) is 0 Å². The second-order valence-electron chi connectivity index (χ2n) is 6.29. The van der Waals surface area contributed by atoms with Crippen LogP contribution in [0.1, 0.15) is 45.6 Å². The molecule has 1 atom stereocenters. The van der Waals surface area contributed by atoms with Crippen molar-refractivity contribution < 1.29 is 4.79 Å². The molecular formula is C16H24N2O. The van der Waals surface area contributed by atoms with E-state index in [1.807, 2.05) is 18.2 Å². The summed E-state index contributed by atoms with van der Waals surface area (Å²) in [5.74, 6) is 0.0939. The first-order valence-electron chi connectivity index (χ1n) is 7.12. The average Bonchev–Trinajstić information content (AvgIpc) is 2.39. The SMILES string of the molecule is CC(C)(C)c1ccccc1NC(=O)C1CCCCN1. The number of rotatable bonds is 2. The maximum atomic E-state index is 12.3. The van der Waals surface area contributed by atoms with Crippen molar-refractivity contribution in [2.45, 2.75) is 51.5 Å². The maximum absolute atomic E-state index is 12.3. The number of piperidine rings is 1. The largest absolute Gasteiger partial charge is 0.324 e. The fourth-order valence-corrected chi connectivity index (χ4v) is 2.54. The van der Waals surface area contributed by atoms with E-state index in [0.717, 1.165) is 25.1 Å². The topological polar surface area (TPSA) is 41.1 Å². The van der Waals surface area contributed by atoms with E-state index in [-0.39, 0.29) is 17.4 Å². The van der Waals surface area contributed by atoms with Crippen molar-refractivity contribution in [3.05, 3.63) is 29.8 Å². The van der Waals surface area contributed by atoms with Crippen LogP contribution in [-0.2, 0) is 10.2 Å². The number of hydrogen-bond acceptors (Lipinski definition) is 2. The Morgan fingerprint density at radius 1 is 1.26 bits per heavy atom. The fraction of sp³-hybridized carbons (Fsp3) is 0.562. The smallest absolute Gasteiger partial charge is 0.241 e. The molecule has 1 aromatic rings. The summed E-state index contributed by atoms with van der Waals surface area (Å²) in [6, 6.07) is 8.03. The summed E-state index contributed by atoms with van der Waals surface area (Å²) in [5.41, 5.74) is 2.15. The molecule has 0 spiro atoms. The first kappa shape index (κ1) is 14.1. The van der Waals surface area contributed by atoms with Crippen LogP contribution in [0.3, 0.4) is 0 Å². The summed E-state index contributed by atoms with van der Waals surface area (Å²) in [6.07, 6.45) is 3.23. The Morgan fingerprint density at radius 2 is 2.00 bits per heavy atom. The molecule has 2 rings (SSSR count). The zero-order valence-corrected chi connectivity index (χ0v) is 12.1. The molecule has 3 heteroatoms. The molecule has 104 valence electrons. The quantitative estimate of drug-likeness (QED) is 0.858. The van der Waals surface area contributed by atoms with Crippen LogP contribution in [0.15, 0.2) is 24.3 Å². The van der Waals surface area contributed by atoms with Gasteiger partial charge in [0.15, 0.2) is 0 Å². The number of hydrogen-bond donors (Lipinski definition) is 2. The first-order valence-corrected chi connectivity index (χ1v) is 7.12. The molecule has 0 saturated carbocycles. The Labute approximate surface area is 115 Å². The molecule has 1 aliphatic rings. The van der Waals surface area contributed by atoms with Gasteiger partial charge in [-0.25, -0.2) is 0 Å². The van der Waals surface area contributed by atoms with Gasteiger partial charge in [-0.05, 0) is 36.4 Å². The van der Waals surface area contributed by atoms with Crippen LogP contribution < -0.4 is 10.6 Å². The molecule has 0 aromatic heterocycles. The Bertz CT molecular complexity index is 442. The standard InChI is InChI=1S/C16H24N2O/c1-16(2,3)12-8-4-5-9-13(12)18-15(19)14-10-6-7-11-17-14/h4-5,8-9,14,17H,6-7,10-11H2,1-3H3,(H,18,19). The number of nitrogens with one attached hydrogen (secondary N) is 2. The highest BCUT2D eigenvalue weighted by Gasteiger charge is 2.23. The molecule has 1 unspecified atom stereocenters. The number of carbonyl (C=O) groups is 1. The minimum Gasteiger partial charge on any atom is -0.324 e. The van der Waals surface area contributed by atoms with Crippen LogP contribution in [0.25, 0.3) is 0 Å². The van der Waals surface area contributed by atoms with Gasteiger partial charge in [0.05, 0.1) is 6.04 Å². The lowest BCUT2D eigenvalue weighted by molar-refractivity contribution is -0.118. The second kappa shape index (κ2) is 5.74. The molecule has 0 bridgehead atoms. The lowest BCUT2D eigenvalue weighted by Gasteiger charge is -2.26. The molecule has 1 aliphatic heterocycles. The lowest BCUT2D eigenvalue weighted by atomic mass is 9.85. The lowest BCUT2D eigenvalue weighted by Crippen LogP contribution is -2.43. The van der Waals surface area contributed by atoms with Gasteiger partial charge >= 0.3 is 0 Å². The molecule has 0 aliphatic carbocycles. The number of amides is 1. The highest BCUT2D eigenvalue weighted by atomic mass is 16.2. The predicted molar refractivity (Wildman–Crippen MR) is 79.4 cm³/mol. The van der Waals surface area contributed by atoms with Gasteiger partial charge in [-0.2, -0.15) is 0 Å². The molecule has 3 nitrogen and oxygen atoms in total. The van der Waals surface area contributed by atoms with Crippen LogP contribution in [0.4, 0.5) is 5.69 Å². The second-order valence-corrected chi connectivity index (χ2v) is 6.29. The summed E-state index contributed by atoms with van der Waals surface area (Å²) < 4.78 is 0. The van der Waals surface area contributed by atoms with Gasteiger partial charge in [0.1, 0.15) is 0 Å². The van der Waals surface area contributed by atoms with Gasteiger partial charge in [0.25, 0.3) is 0 Å². The molecule has 19 heavy (non-hydrogen) atoms. The van der Waals surface area contributed by atoms with E-state index < -0.39 is 0 Å². The van der Waals surface area contributed by atoms with Crippen molar-refractivity contribution >= 4 is 11.6 Å². The molecule has 0 radical (unpaired) electrons. The zero-order chi connectivity index (χ0) is 13.9. The maximum Gasteiger partial charge on any atom is 0.241 e. The van der Waals surface area contributed by atoms with E-state index in [1.165, 1.54) is 12.0 Å². The van der Waals surface area contributed by atoms with Gasteiger partial charge < -0.3 is 10.6 Å². The highest BCUT2D eigenvalue weighted by Crippen LogP contribution is 2.29. The van der Waals surface area contributed by atoms with E-state index >= 15 is 0 Å². The summed E-state index contributed by atoms with van der Waals surface area (Å²) in [7, 11) is 0. The molecular weight excluding hydrogens is 236 g/mol. The van der Waals surface area contributed by atoms with Gasteiger partial charge in [-0.15, -0.1) is 0 Å². The average molecular weight is 260 g/mol. The van der Waals surface area contributed by atoms with Crippen molar-refractivity contribution in [1.29, 1.82) is 0 Å². The van der Waals surface area contributed by atoms with Gasteiger partial charge in [0.2, 0.25) is 5.91 Å². The number of carbonyl (C=O) groups excluding carboxylic acids is 1. The molecule has 1 saturated heterocycles. The van der Waals surface area contributed by atoms with Crippen molar-refractivity contribution in [1.82, 2.24) is 5.32 Å². The van der Waals surface area contributed by atoms with E-state index in [0.29, 0.717) is 0 Å². The number of anilines is 1. The van der Waals surface area contributed by atoms with Crippen LogP contribution in [0.5, 0.6) is 0 Å². The Hall–Kier alpha value is -1.35. The molecule has 1 amide bonds. The number of para-hydroxylation sites is 1. The highest BCUT2D eigenvalue weighted by molar-refractivity contribution is 5.95. The third-order valence-electron chi connectivity index (χ3n) is 3.62. The summed E-state index contributed by atoms with van der Waals surface area (Å²) in [5, 5.41) is 6.37. The van der Waals surface area contributed by atoms with Crippen molar-refractivity contribution in [3.63, 3.8) is 0 Å². The van der Waals surface area contributed by atoms with Crippen LogP contribution >= 0.6 is 0 Å².